The van der Waals surface area contributed by atoms with E-state index in [1.54, 1.807) is 0 Å². The van der Waals surface area contributed by atoms with E-state index in [9.17, 15) is 10.2 Å². The van der Waals surface area contributed by atoms with E-state index in [2.05, 4.69) is 48.8 Å². The summed E-state index contributed by atoms with van der Waals surface area (Å²) in [7, 11) is 0. The number of aliphatic hydroxyl groups excluding tert-OH is 2. The fourth-order valence-corrected chi connectivity index (χ4v) is 5.57. The lowest BCUT2D eigenvalue weighted by Gasteiger charge is -2.29. The molecule has 1 saturated carbocycles. The van der Waals surface area contributed by atoms with Gasteiger partial charge in [-0.1, -0.05) is 19.1 Å². The molecule has 0 spiro atoms. The SMILES string of the molecule is C[C@]1(CCc2ccc3cc(Br)c(N)nc3c2)C[C@@H](N2CCc3c(N)ncnc32)[C@H](O)[C@@H]1O. The van der Waals surface area contributed by atoms with Gasteiger partial charge >= 0.3 is 0 Å². The zero-order chi connectivity index (χ0) is 22.6. The number of nitrogens with zero attached hydrogens (tertiary/aromatic N) is 4. The number of rotatable bonds is 4. The van der Waals surface area contributed by atoms with Crippen LogP contribution in [0.1, 0.15) is 30.9 Å². The second-order valence-electron chi connectivity index (χ2n) is 9.25. The third-order valence-corrected chi connectivity index (χ3v) is 7.82. The molecular weight excluding hydrogens is 472 g/mol. The van der Waals surface area contributed by atoms with Crippen molar-refractivity contribution in [3.05, 3.63) is 46.2 Å². The van der Waals surface area contributed by atoms with Crippen molar-refractivity contribution >= 4 is 44.3 Å². The maximum Gasteiger partial charge on any atom is 0.138 e. The van der Waals surface area contributed by atoms with Crippen LogP contribution in [0.2, 0.25) is 0 Å². The van der Waals surface area contributed by atoms with Gasteiger partial charge in [0.15, 0.2) is 0 Å². The Labute approximate surface area is 194 Å². The van der Waals surface area contributed by atoms with Crippen LogP contribution >= 0.6 is 15.9 Å². The van der Waals surface area contributed by atoms with Crippen molar-refractivity contribution in [2.45, 2.75) is 50.9 Å². The number of halogens is 1. The van der Waals surface area contributed by atoms with Crippen molar-refractivity contribution in [3.63, 3.8) is 0 Å². The average Bonchev–Trinajstić information content (AvgIpc) is 3.29. The largest absolute Gasteiger partial charge is 0.390 e. The van der Waals surface area contributed by atoms with Gasteiger partial charge in [0.05, 0.1) is 22.1 Å². The topological polar surface area (TPSA) is 134 Å². The maximum atomic E-state index is 11.0. The molecule has 1 aliphatic heterocycles. The molecule has 2 aromatic heterocycles. The minimum Gasteiger partial charge on any atom is -0.390 e. The van der Waals surface area contributed by atoms with E-state index >= 15 is 0 Å². The summed E-state index contributed by atoms with van der Waals surface area (Å²) in [4.78, 5) is 15.0. The first kappa shape index (κ1) is 21.4. The number of fused-ring (bicyclic) bond motifs is 2. The van der Waals surface area contributed by atoms with Gasteiger partial charge in [-0.05, 0) is 64.7 Å². The summed E-state index contributed by atoms with van der Waals surface area (Å²) in [5, 5.41) is 23.0. The number of hydrogen-bond donors (Lipinski definition) is 4. The second kappa shape index (κ2) is 7.83. The quantitative estimate of drug-likeness (QED) is 0.430. The summed E-state index contributed by atoms with van der Waals surface area (Å²) in [6.07, 6.45) is 2.73. The summed E-state index contributed by atoms with van der Waals surface area (Å²) in [5.41, 5.74) is 14.4. The molecule has 0 radical (unpaired) electrons. The highest BCUT2D eigenvalue weighted by atomic mass is 79.9. The van der Waals surface area contributed by atoms with Crippen LogP contribution in [-0.4, -0.2) is 50.0 Å². The highest BCUT2D eigenvalue weighted by Gasteiger charge is 2.52. The predicted octanol–water partition coefficient (Wildman–Crippen LogP) is 2.45. The van der Waals surface area contributed by atoms with E-state index in [4.69, 9.17) is 11.5 Å². The molecule has 1 fully saturated rings. The maximum absolute atomic E-state index is 11.0. The lowest BCUT2D eigenvalue weighted by molar-refractivity contribution is -0.0201. The molecule has 5 rings (SSSR count). The monoisotopic (exact) mass is 498 g/mol. The van der Waals surface area contributed by atoms with Gasteiger partial charge in [0.25, 0.3) is 0 Å². The van der Waals surface area contributed by atoms with Crippen molar-refractivity contribution in [1.29, 1.82) is 0 Å². The highest BCUT2D eigenvalue weighted by molar-refractivity contribution is 9.10. The third-order valence-electron chi connectivity index (χ3n) is 7.19. The van der Waals surface area contributed by atoms with Crippen LogP contribution in [0.5, 0.6) is 0 Å². The molecule has 1 aromatic carbocycles. The summed E-state index contributed by atoms with van der Waals surface area (Å²) < 4.78 is 0.787. The van der Waals surface area contributed by atoms with E-state index in [1.165, 1.54) is 6.33 Å². The zero-order valence-electron chi connectivity index (χ0n) is 17.9. The first-order valence-corrected chi connectivity index (χ1v) is 11.6. The first-order valence-electron chi connectivity index (χ1n) is 10.8. The van der Waals surface area contributed by atoms with Crippen molar-refractivity contribution in [2.75, 3.05) is 22.9 Å². The van der Waals surface area contributed by atoms with Crippen molar-refractivity contribution in [1.82, 2.24) is 15.0 Å². The molecule has 168 valence electrons. The normalized spacial score (nSPS) is 27.2. The van der Waals surface area contributed by atoms with Crippen molar-refractivity contribution in [2.24, 2.45) is 5.41 Å². The lowest BCUT2D eigenvalue weighted by Crippen LogP contribution is -2.43. The number of nitrogens with two attached hydrogens (primary N) is 2. The second-order valence-corrected chi connectivity index (χ2v) is 10.1. The molecule has 1 aliphatic carbocycles. The molecule has 3 aromatic rings. The molecule has 8 nitrogen and oxygen atoms in total. The van der Waals surface area contributed by atoms with Crippen LogP contribution in [0.3, 0.4) is 0 Å². The lowest BCUT2D eigenvalue weighted by atomic mass is 9.80. The van der Waals surface area contributed by atoms with Gasteiger partial charge < -0.3 is 26.6 Å². The van der Waals surface area contributed by atoms with Crippen molar-refractivity contribution < 1.29 is 10.2 Å². The molecule has 0 saturated heterocycles. The molecule has 0 amide bonds. The smallest absolute Gasteiger partial charge is 0.138 e. The van der Waals surface area contributed by atoms with Gasteiger partial charge in [0, 0.05) is 17.5 Å². The van der Waals surface area contributed by atoms with E-state index in [-0.39, 0.29) is 6.04 Å². The van der Waals surface area contributed by atoms with Crippen LogP contribution in [0.4, 0.5) is 17.5 Å². The molecule has 0 unspecified atom stereocenters. The summed E-state index contributed by atoms with van der Waals surface area (Å²) in [5.74, 6) is 1.74. The number of pyridine rings is 1. The summed E-state index contributed by atoms with van der Waals surface area (Å²) in [6, 6.07) is 7.93. The Morgan fingerprint density at radius 1 is 1.19 bits per heavy atom. The Balaban J connectivity index is 1.34. The van der Waals surface area contributed by atoms with Gasteiger partial charge in [-0.15, -0.1) is 0 Å². The fourth-order valence-electron chi connectivity index (χ4n) is 5.24. The van der Waals surface area contributed by atoms with Crippen LogP contribution in [0, 0.1) is 5.41 Å². The van der Waals surface area contributed by atoms with Crippen LogP contribution < -0.4 is 16.4 Å². The Morgan fingerprint density at radius 2 is 2.00 bits per heavy atom. The third kappa shape index (κ3) is 3.48. The van der Waals surface area contributed by atoms with Crippen LogP contribution in [-0.2, 0) is 12.8 Å². The summed E-state index contributed by atoms with van der Waals surface area (Å²) >= 11 is 3.42. The number of nitrogen functional groups attached to an aromatic ring is 2. The van der Waals surface area contributed by atoms with Crippen LogP contribution in [0.25, 0.3) is 10.9 Å². The number of benzene rings is 1. The minimum atomic E-state index is -0.849. The number of aromatic nitrogens is 3. The standard InChI is InChI=1S/C23H27BrN6O2/c1-23(6-4-12-2-3-13-9-15(24)21(26)29-16(13)8-12)10-17(18(31)19(23)32)30-7-5-14-20(25)27-11-28-22(14)30/h2-3,8-9,11,17-19,31-32H,4-7,10H2,1H3,(H2,26,29)(H2,25,27,28)/t17-,18+,19+,23+/m1/s1. The van der Waals surface area contributed by atoms with Gasteiger partial charge in [-0.2, -0.15) is 0 Å². The van der Waals surface area contributed by atoms with E-state index in [0.29, 0.717) is 18.1 Å². The van der Waals surface area contributed by atoms with E-state index in [1.807, 2.05) is 18.2 Å². The average molecular weight is 499 g/mol. The van der Waals surface area contributed by atoms with E-state index < -0.39 is 17.6 Å². The van der Waals surface area contributed by atoms with Gasteiger partial charge in [-0.3, -0.25) is 0 Å². The molecule has 3 heterocycles. The molecule has 4 atom stereocenters. The number of aryl methyl sites for hydroxylation is 1. The Morgan fingerprint density at radius 3 is 2.81 bits per heavy atom. The molecular formula is C23H27BrN6O2. The van der Waals surface area contributed by atoms with Gasteiger partial charge in [0.1, 0.15) is 29.9 Å². The van der Waals surface area contributed by atoms with Gasteiger partial charge in [0.2, 0.25) is 0 Å². The van der Waals surface area contributed by atoms with Gasteiger partial charge in [-0.25, -0.2) is 15.0 Å². The highest BCUT2D eigenvalue weighted by Crippen LogP contribution is 2.46. The first-order chi connectivity index (χ1) is 15.3. The molecule has 2 aliphatic rings. The molecule has 0 bridgehead atoms. The predicted molar refractivity (Wildman–Crippen MR) is 128 cm³/mol. The molecule has 6 N–H and O–H groups in total. The Bertz CT molecular complexity index is 1190. The zero-order valence-corrected chi connectivity index (χ0v) is 19.5. The molecule has 32 heavy (non-hydrogen) atoms. The fraction of sp³-hybridized carbons (Fsp3) is 0.435. The van der Waals surface area contributed by atoms with Crippen molar-refractivity contribution in [3.8, 4) is 0 Å². The Kier molecular flexibility index (Phi) is 5.22. The summed E-state index contributed by atoms with van der Waals surface area (Å²) in [6.45, 7) is 2.77. The molecule has 9 heteroatoms. The number of aliphatic hydroxyl groups is 2. The number of hydrogen-bond acceptors (Lipinski definition) is 8. The van der Waals surface area contributed by atoms with E-state index in [0.717, 1.165) is 58.1 Å². The minimum absolute atomic E-state index is 0.207. The van der Waals surface area contributed by atoms with Crippen LogP contribution in [0.15, 0.2) is 35.1 Å². The number of anilines is 3. The Hall–Kier alpha value is -2.49.